The van der Waals surface area contributed by atoms with Crippen molar-refractivity contribution in [1.82, 2.24) is 15.6 Å². The molecule has 24 heavy (non-hydrogen) atoms. The summed E-state index contributed by atoms with van der Waals surface area (Å²) in [6, 6.07) is 14.6. The minimum Gasteiger partial charge on any atom is -0.357 e. The lowest BCUT2D eigenvalue weighted by Gasteiger charge is -2.16. The average Bonchev–Trinajstić information content (AvgIpc) is 3.18. The van der Waals surface area contributed by atoms with Crippen LogP contribution in [0.3, 0.4) is 0 Å². The molecular formula is C19H25N5. The number of pyridine rings is 1. The number of hydrogen-bond donors (Lipinski definition) is 2. The van der Waals surface area contributed by atoms with Gasteiger partial charge in [0.1, 0.15) is 5.82 Å². The predicted molar refractivity (Wildman–Crippen MR) is 99.2 cm³/mol. The Balaban J connectivity index is 1.48. The van der Waals surface area contributed by atoms with E-state index in [0.29, 0.717) is 6.54 Å². The van der Waals surface area contributed by atoms with Crippen LogP contribution in [0.5, 0.6) is 0 Å². The molecule has 0 radical (unpaired) electrons. The maximum absolute atomic E-state index is 4.58. The zero-order chi connectivity index (χ0) is 16.6. The molecule has 0 amide bonds. The molecule has 0 unspecified atom stereocenters. The fourth-order valence-electron chi connectivity index (χ4n) is 2.84. The van der Waals surface area contributed by atoms with E-state index in [1.54, 1.807) is 7.05 Å². The van der Waals surface area contributed by atoms with Gasteiger partial charge in [0.05, 0.1) is 0 Å². The van der Waals surface area contributed by atoms with E-state index in [4.69, 9.17) is 0 Å². The average molecular weight is 323 g/mol. The van der Waals surface area contributed by atoms with Gasteiger partial charge in [0.15, 0.2) is 5.96 Å². The maximum atomic E-state index is 4.58. The topological polar surface area (TPSA) is 52.6 Å². The number of hydrogen-bond acceptors (Lipinski definition) is 3. The Bertz CT molecular complexity index is 645. The number of nitrogens with one attached hydrogen (secondary N) is 2. The first-order valence-electron chi connectivity index (χ1n) is 8.53. The molecule has 1 aromatic carbocycles. The quantitative estimate of drug-likeness (QED) is 0.656. The Morgan fingerprint density at radius 3 is 2.33 bits per heavy atom. The van der Waals surface area contributed by atoms with Gasteiger partial charge < -0.3 is 15.5 Å². The second kappa shape index (κ2) is 8.34. The minimum absolute atomic E-state index is 0.710. The summed E-state index contributed by atoms with van der Waals surface area (Å²) in [5.74, 6) is 1.88. The van der Waals surface area contributed by atoms with Crippen molar-refractivity contribution in [2.75, 3.05) is 25.0 Å². The summed E-state index contributed by atoms with van der Waals surface area (Å²) in [5, 5.41) is 6.65. The van der Waals surface area contributed by atoms with Crippen molar-refractivity contribution in [2.24, 2.45) is 4.99 Å². The Morgan fingerprint density at radius 2 is 1.71 bits per heavy atom. The Hall–Kier alpha value is -2.56. The van der Waals surface area contributed by atoms with Crippen molar-refractivity contribution in [2.45, 2.75) is 25.9 Å². The smallest absolute Gasteiger partial charge is 0.191 e. The number of aromatic nitrogens is 1. The van der Waals surface area contributed by atoms with Crippen molar-refractivity contribution < 1.29 is 0 Å². The summed E-state index contributed by atoms with van der Waals surface area (Å²) >= 11 is 0. The number of anilines is 1. The summed E-state index contributed by atoms with van der Waals surface area (Å²) < 4.78 is 0. The molecule has 126 valence electrons. The van der Waals surface area contributed by atoms with Crippen LogP contribution in [0.4, 0.5) is 5.82 Å². The number of rotatable bonds is 5. The van der Waals surface area contributed by atoms with Crippen LogP contribution in [-0.4, -0.2) is 31.1 Å². The summed E-state index contributed by atoms with van der Waals surface area (Å²) in [6.45, 7) is 3.72. The third-order valence-corrected chi connectivity index (χ3v) is 4.23. The molecule has 2 N–H and O–H groups in total. The van der Waals surface area contributed by atoms with Crippen LogP contribution in [-0.2, 0) is 13.1 Å². The third kappa shape index (κ3) is 4.47. The fourth-order valence-corrected chi connectivity index (χ4v) is 2.84. The molecule has 0 aliphatic carbocycles. The highest BCUT2D eigenvalue weighted by Crippen LogP contribution is 2.17. The number of benzene rings is 1. The van der Waals surface area contributed by atoms with Gasteiger partial charge in [-0.1, -0.05) is 36.4 Å². The van der Waals surface area contributed by atoms with Gasteiger partial charge in [0.2, 0.25) is 0 Å². The van der Waals surface area contributed by atoms with Crippen molar-refractivity contribution in [3.05, 3.63) is 59.8 Å². The summed E-state index contributed by atoms with van der Waals surface area (Å²) in [4.78, 5) is 11.2. The molecule has 1 aliphatic heterocycles. The molecule has 2 aromatic rings. The molecule has 1 aromatic heterocycles. The number of guanidine groups is 1. The van der Waals surface area contributed by atoms with Crippen LogP contribution >= 0.6 is 0 Å². The monoisotopic (exact) mass is 323 g/mol. The van der Waals surface area contributed by atoms with Crippen LogP contribution in [0.25, 0.3) is 0 Å². The van der Waals surface area contributed by atoms with E-state index in [0.717, 1.165) is 37.0 Å². The fraction of sp³-hybridized carbons (Fsp3) is 0.368. The number of aliphatic imine (C=N–C) groups is 1. The van der Waals surface area contributed by atoms with Crippen molar-refractivity contribution in [3.63, 3.8) is 0 Å². The first-order valence-corrected chi connectivity index (χ1v) is 8.53. The lowest BCUT2D eigenvalue weighted by atomic mass is 10.2. The first-order chi connectivity index (χ1) is 11.8. The van der Waals surface area contributed by atoms with Gasteiger partial charge in [0, 0.05) is 39.4 Å². The van der Waals surface area contributed by atoms with Crippen LogP contribution < -0.4 is 15.5 Å². The molecule has 0 spiro atoms. The van der Waals surface area contributed by atoms with Crippen molar-refractivity contribution >= 4 is 11.8 Å². The van der Waals surface area contributed by atoms with Crippen LogP contribution in [0.2, 0.25) is 0 Å². The van der Waals surface area contributed by atoms with E-state index in [-0.39, 0.29) is 0 Å². The number of nitrogens with zero attached hydrogens (tertiary/aromatic N) is 3. The van der Waals surface area contributed by atoms with E-state index in [1.165, 1.54) is 18.4 Å². The van der Waals surface area contributed by atoms with Crippen LogP contribution in [0.15, 0.2) is 53.7 Å². The summed E-state index contributed by atoms with van der Waals surface area (Å²) in [7, 11) is 1.79. The normalized spacial score (nSPS) is 14.7. The molecule has 1 aliphatic rings. The zero-order valence-corrected chi connectivity index (χ0v) is 14.2. The van der Waals surface area contributed by atoms with Crippen LogP contribution in [0, 0.1) is 0 Å². The van der Waals surface area contributed by atoms with E-state index in [2.05, 4.69) is 49.8 Å². The SMILES string of the molecule is CN=C(NCc1ccccc1)NCc1ccc(N2CCCC2)nc1. The van der Waals surface area contributed by atoms with E-state index >= 15 is 0 Å². The predicted octanol–water partition coefficient (Wildman–Crippen LogP) is 2.55. The van der Waals surface area contributed by atoms with Gasteiger partial charge in [-0.3, -0.25) is 4.99 Å². The Morgan fingerprint density at radius 1 is 1.00 bits per heavy atom. The summed E-state index contributed by atoms with van der Waals surface area (Å²) in [5.41, 5.74) is 2.39. The van der Waals surface area contributed by atoms with Crippen molar-refractivity contribution in [1.29, 1.82) is 0 Å². The molecule has 5 nitrogen and oxygen atoms in total. The molecular weight excluding hydrogens is 298 g/mol. The van der Waals surface area contributed by atoms with E-state index < -0.39 is 0 Å². The van der Waals surface area contributed by atoms with Crippen molar-refractivity contribution in [3.8, 4) is 0 Å². The molecule has 2 heterocycles. The second-order valence-corrected chi connectivity index (χ2v) is 5.98. The lowest BCUT2D eigenvalue weighted by molar-refractivity contribution is 0.806. The Labute approximate surface area is 143 Å². The highest BCUT2D eigenvalue weighted by molar-refractivity contribution is 5.79. The molecule has 0 bridgehead atoms. The highest BCUT2D eigenvalue weighted by Gasteiger charge is 2.12. The molecule has 3 rings (SSSR count). The van der Waals surface area contributed by atoms with E-state index in [9.17, 15) is 0 Å². The molecule has 0 saturated carbocycles. The van der Waals surface area contributed by atoms with Gasteiger partial charge >= 0.3 is 0 Å². The van der Waals surface area contributed by atoms with Gasteiger partial charge in [-0.15, -0.1) is 0 Å². The van der Waals surface area contributed by atoms with Gasteiger partial charge in [-0.25, -0.2) is 4.98 Å². The minimum atomic E-state index is 0.710. The highest BCUT2D eigenvalue weighted by atomic mass is 15.2. The zero-order valence-electron chi connectivity index (χ0n) is 14.2. The van der Waals surface area contributed by atoms with Gasteiger partial charge in [-0.05, 0) is 30.0 Å². The maximum Gasteiger partial charge on any atom is 0.191 e. The van der Waals surface area contributed by atoms with Crippen LogP contribution in [0.1, 0.15) is 24.0 Å². The third-order valence-electron chi connectivity index (χ3n) is 4.23. The first kappa shape index (κ1) is 16.3. The van der Waals surface area contributed by atoms with E-state index in [1.807, 2.05) is 24.4 Å². The standard InChI is InChI=1S/C19H25N5/c1-20-19(22-13-16-7-3-2-4-8-16)23-15-17-9-10-18(21-14-17)24-11-5-6-12-24/h2-4,7-10,14H,5-6,11-13,15H2,1H3,(H2,20,22,23). The Kier molecular flexibility index (Phi) is 5.66. The van der Waals surface area contributed by atoms with Gasteiger partial charge in [-0.2, -0.15) is 0 Å². The van der Waals surface area contributed by atoms with Gasteiger partial charge in [0.25, 0.3) is 0 Å². The molecule has 1 fully saturated rings. The largest absolute Gasteiger partial charge is 0.357 e. The second-order valence-electron chi connectivity index (χ2n) is 5.98. The molecule has 5 heteroatoms. The lowest BCUT2D eigenvalue weighted by Crippen LogP contribution is -2.36. The summed E-state index contributed by atoms with van der Waals surface area (Å²) in [6.07, 6.45) is 4.49. The molecule has 0 atom stereocenters. The molecule has 1 saturated heterocycles.